The number of benzene rings is 2. The lowest BCUT2D eigenvalue weighted by atomic mass is 9.87. The third-order valence-electron chi connectivity index (χ3n) is 4.54. The second kappa shape index (κ2) is 5.10. The average Bonchev–Trinajstić information content (AvgIpc) is 2.92. The first kappa shape index (κ1) is 14.8. The second-order valence-corrected chi connectivity index (χ2v) is 7.23. The maximum atomic E-state index is 10.5. The summed E-state index contributed by atoms with van der Waals surface area (Å²) in [6, 6.07) is 16.0. The largest absolute Gasteiger partial charge is 0.507 e. The third-order valence-corrected chi connectivity index (χ3v) is 4.54. The first-order valence-corrected chi connectivity index (χ1v) is 8.14. The minimum Gasteiger partial charge on any atom is -0.507 e. The van der Waals surface area contributed by atoms with Gasteiger partial charge in [0.05, 0.1) is 16.8 Å². The Morgan fingerprint density at radius 2 is 1.75 bits per heavy atom. The van der Waals surface area contributed by atoms with E-state index in [2.05, 4.69) is 48.9 Å². The Balaban J connectivity index is 2.05. The molecule has 3 heteroatoms. The highest BCUT2D eigenvalue weighted by molar-refractivity contribution is 6.12. The van der Waals surface area contributed by atoms with Crippen molar-refractivity contribution >= 4 is 21.8 Å². The molecule has 2 N–H and O–H groups in total. The Kier molecular flexibility index (Phi) is 3.14. The van der Waals surface area contributed by atoms with Gasteiger partial charge >= 0.3 is 0 Å². The van der Waals surface area contributed by atoms with Gasteiger partial charge in [0, 0.05) is 22.5 Å². The Morgan fingerprint density at radius 1 is 0.958 bits per heavy atom. The van der Waals surface area contributed by atoms with Gasteiger partial charge in [0.2, 0.25) is 0 Å². The highest BCUT2D eigenvalue weighted by atomic mass is 16.3. The highest BCUT2D eigenvalue weighted by Crippen LogP contribution is 2.39. The van der Waals surface area contributed by atoms with Gasteiger partial charge in [-0.05, 0) is 41.3 Å². The monoisotopic (exact) mass is 316 g/mol. The van der Waals surface area contributed by atoms with Gasteiger partial charge in [-0.15, -0.1) is 0 Å². The summed E-state index contributed by atoms with van der Waals surface area (Å²) in [5.41, 5.74) is 4.76. The second-order valence-electron chi connectivity index (χ2n) is 7.23. The Labute approximate surface area is 141 Å². The molecule has 2 aromatic carbocycles. The predicted molar refractivity (Wildman–Crippen MR) is 99.4 cm³/mol. The topological polar surface area (TPSA) is 48.9 Å². The number of phenols is 1. The zero-order chi connectivity index (χ0) is 16.9. The number of aromatic hydroxyl groups is 1. The number of para-hydroxylation sites is 1. The maximum Gasteiger partial charge on any atom is 0.127 e. The molecule has 120 valence electrons. The molecular weight excluding hydrogens is 296 g/mol. The molecule has 0 radical (unpaired) electrons. The van der Waals surface area contributed by atoms with Crippen LogP contribution in [0, 0.1) is 0 Å². The Morgan fingerprint density at radius 3 is 2.54 bits per heavy atom. The van der Waals surface area contributed by atoms with Gasteiger partial charge in [-0.25, -0.2) is 0 Å². The molecule has 2 aromatic heterocycles. The van der Waals surface area contributed by atoms with Crippen LogP contribution in [0.4, 0.5) is 0 Å². The molecular formula is C21H20N2O. The Hall–Kier alpha value is -2.81. The fraction of sp³-hybridized carbons (Fsp3) is 0.190. The molecule has 24 heavy (non-hydrogen) atoms. The van der Waals surface area contributed by atoms with E-state index in [1.54, 1.807) is 6.07 Å². The molecule has 0 aliphatic rings. The molecule has 2 heterocycles. The van der Waals surface area contributed by atoms with Crippen LogP contribution in [0.25, 0.3) is 33.1 Å². The Bertz CT molecular complexity index is 1050. The number of aromatic nitrogens is 2. The number of H-pyrrole nitrogens is 1. The molecule has 0 saturated carbocycles. The standard InChI is InChI=1S/C21H20N2O/c1-21(2,3)13-10-11-22-17(12-13)19-18(24)9-8-15-14-6-4-5-7-16(14)23-20(15)19/h4-12,23-24H,1-3H3. The molecule has 4 rings (SSSR count). The summed E-state index contributed by atoms with van der Waals surface area (Å²) < 4.78 is 0. The van der Waals surface area contributed by atoms with Crippen LogP contribution in [0.1, 0.15) is 26.3 Å². The number of nitrogens with one attached hydrogen (secondary N) is 1. The lowest BCUT2D eigenvalue weighted by Crippen LogP contribution is -2.11. The SMILES string of the molecule is CC(C)(C)c1ccnc(-c2c(O)ccc3c2[nH]c2ccccc23)c1. The molecule has 0 saturated heterocycles. The van der Waals surface area contributed by atoms with E-state index in [-0.39, 0.29) is 11.2 Å². The van der Waals surface area contributed by atoms with Crippen LogP contribution in [0.2, 0.25) is 0 Å². The number of hydrogen-bond donors (Lipinski definition) is 2. The van der Waals surface area contributed by atoms with Gasteiger partial charge < -0.3 is 10.1 Å². The van der Waals surface area contributed by atoms with Gasteiger partial charge in [0.25, 0.3) is 0 Å². The fourth-order valence-corrected chi connectivity index (χ4v) is 3.20. The van der Waals surface area contributed by atoms with Crippen molar-refractivity contribution in [1.82, 2.24) is 9.97 Å². The smallest absolute Gasteiger partial charge is 0.127 e. The van der Waals surface area contributed by atoms with E-state index in [1.165, 1.54) is 5.56 Å². The lowest BCUT2D eigenvalue weighted by Gasteiger charge is -2.19. The molecule has 3 nitrogen and oxygen atoms in total. The first-order chi connectivity index (χ1) is 11.4. The van der Waals surface area contributed by atoms with E-state index in [4.69, 9.17) is 0 Å². The summed E-state index contributed by atoms with van der Waals surface area (Å²) in [5, 5.41) is 12.8. The summed E-state index contributed by atoms with van der Waals surface area (Å²) in [6.45, 7) is 6.53. The number of pyridine rings is 1. The molecule has 0 aliphatic carbocycles. The van der Waals surface area contributed by atoms with Crippen LogP contribution in [0.15, 0.2) is 54.7 Å². The molecule has 4 aromatic rings. The van der Waals surface area contributed by atoms with Gasteiger partial charge in [-0.1, -0.05) is 39.0 Å². The van der Waals surface area contributed by atoms with Gasteiger partial charge in [-0.2, -0.15) is 0 Å². The van der Waals surface area contributed by atoms with Crippen molar-refractivity contribution in [1.29, 1.82) is 0 Å². The minimum atomic E-state index is 0.0294. The molecule has 0 amide bonds. The minimum absolute atomic E-state index is 0.0294. The highest BCUT2D eigenvalue weighted by Gasteiger charge is 2.18. The molecule has 0 atom stereocenters. The van der Waals surface area contributed by atoms with Crippen molar-refractivity contribution in [3.63, 3.8) is 0 Å². The number of nitrogens with zero attached hydrogens (tertiary/aromatic N) is 1. The van der Waals surface area contributed by atoms with Crippen molar-refractivity contribution in [3.05, 3.63) is 60.3 Å². The number of phenolic OH excluding ortho intramolecular Hbond substituents is 1. The number of aromatic amines is 1. The van der Waals surface area contributed by atoms with Crippen molar-refractivity contribution in [2.45, 2.75) is 26.2 Å². The molecule has 0 unspecified atom stereocenters. The van der Waals surface area contributed by atoms with E-state index in [9.17, 15) is 5.11 Å². The van der Waals surface area contributed by atoms with E-state index in [1.807, 2.05) is 30.5 Å². The number of rotatable bonds is 1. The van der Waals surface area contributed by atoms with Crippen LogP contribution >= 0.6 is 0 Å². The van der Waals surface area contributed by atoms with Crippen LogP contribution in [0.5, 0.6) is 5.75 Å². The van der Waals surface area contributed by atoms with Crippen molar-refractivity contribution in [2.24, 2.45) is 0 Å². The third kappa shape index (κ3) is 2.24. The van der Waals surface area contributed by atoms with Gasteiger partial charge in [0.1, 0.15) is 5.75 Å². The summed E-state index contributed by atoms with van der Waals surface area (Å²) in [4.78, 5) is 7.97. The first-order valence-electron chi connectivity index (χ1n) is 8.14. The lowest BCUT2D eigenvalue weighted by molar-refractivity contribution is 0.478. The summed E-state index contributed by atoms with van der Waals surface area (Å²) in [7, 11) is 0. The molecule has 0 bridgehead atoms. The summed E-state index contributed by atoms with van der Waals surface area (Å²) in [6.07, 6.45) is 1.82. The van der Waals surface area contributed by atoms with Crippen molar-refractivity contribution < 1.29 is 5.11 Å². The van der Waals surface area contributed by atoms with E-state index in [0.29, 0.717) is 0 Å². The van der Waals surface area contributed by atoms with Crippen LogP contribution in [-0.2, 0) is 5.41 Å². The average molecular weight is 316 g/mol. The summed E-state index contributed by atoms with van der Waals surface area (Å²) in [5.74, 6) is 0.243. The van der Waals surface area contributed by atoms with Crippen molar-refractivity contribution in [2.75, 3.05) is 0 Å². The normalized spacial score (nSPS) is 12.1. The fourth-order valence-electron chi connectivity index (χ4n) is 3.20. The zero-order valence-electron chi connectivity index (χ0n) is 14.1. The molecule has 0 aliphatic heterocycles. The van der Waals surface area contributed by atoms with Gasteiger partial charge in [-0.3, -0.25) is 4.98 Å². The van der Waals surface area contributed by atoms with E-state index < -0.39 is 0 Å². The van der Waals surface area contributed by atoms with Crippen LogP contribution < -0.4 is 0 Å². The van der Waals surface area contributed by atoms with E-state index >= 15 is 0 Å². The van der Waals surface area contributed by atoms with Gasteiger partial charge in [0.15, 0.2) is 0 Å². The van der Waals surface area contributed by atoms with Crippen LogP contribution in [0.3, 0.4) is 0 Å². The number of fused-ring (bicyclic) bond motifs is 3. The maximum absolute atomic E-state index is 10.5. The predicted octanol–water partition coefficient (Wildman–Crippen LogP) is 5.39. The zero-order valence-corrected chi connectivity index (χ0v) is 14.1. The van der Waals surface area contributed by atoms with Crippen molar-refractivity contribution in [3.8, 4) is 17.0 Å². The van der Waals surface area contributed by atoms with E-state index in [0.717, 1.165) is 33.1 Å². The molecule has 0 fully saturated rings. The number of hydrogen-bond acceptors (Lipinski definition) is 2. The van der Waals surface area contributed by atoms with Crippen LogP contribution in [-0.4, -0.2) is 15.1 Å². The quantitative estimate of drug-likeness (QED) is 0.495. The molecule has 0 spiro atoms. The summed E-state index contributed by atoms with van der Waals surface area (Å²) >= 11 is 0.